The molecule has 0 aromatic heterocycles. The number of ketones is 1. The first kappa shape index (κ1) is 11.4. The minimum absolute atomic E-state index is 0.0624. The smallest absolute Gasteiger partial charge is 0.302 e. The summed E-state index contributed by atoms with van der Waals surface area (Å²) < 4.78 is 5.41. The van der Waals surface area contributed by atoms with E-state index in [1.807, 2.05) is 6.08 Å². The molecule has 2 aliphatic rings. The van der Waals surface area contributed by atoms with Gasteiger partial charge in [-0.15, -0.1) is 0 Å². The van der Waals surface area contributed by atoms with Gasteiger partial charge in [0.25, 0.3) is 0 Å². The number of hydrogen-bond donors (Lipinski definition) is 0. The highest BCUT2D eigenvalue weighted by molar-refractivity contribution is 5.91. The van der Waals surface area contributed by atoms with Crippen molar-refractivity contribution in [2.75, 3.05) is 0 Å². The molecule has 2 aliphatic carbocycles. The molecule has 1 fully saturated rings. The minimum Gasteiger partial charge on any atom is -0.462 e. The molecule has 0 heterocycles. The molecule has 0 aromatic carbocycles. The third-order valence-corrected chi connectivity index (χ3v) is 3.74. The van der Waals surface area contributed by atoms with E-state index in [1.165, 1.54) is 6.92 Å². The maximum atomic E-state index is 11.5. The van der Waals surface area contributed by atoms with Crippen molar-refractivity contribution >= 4 is 11.8 Å². The van der Waals surface area contributed by atoms with Crippen molar-refractivity contribution in [3.05, 3.63) is 12.2 Å². The fraction of sp³-hybridized carbons (Fsp3) is 0.692. The minimum atomic E-state index is -0.228. The first-order valence-electron chi connectivity index (χ1n) is 5.99. The molecule has 0 unspecified atom stereocenters. The Hall–Kier alpha value is -1.12. The van der Waals surface area contributed by atoms with Gasteiger partial charge in [-0.05, 0) is 31.8 Å². The Kier molecular flexibility index (Phi) is 3.13. The molecule has 0 radical (unpaired) electrons. The second-order valence-corrected chi connectivity index (χ2v) is 4.96. The van der Waals surface area contributed by atoms with Crippen LogP contribution in [0.2, 0.25) is 0 Å². The lowest BCUT2D eigenvalue weighted by atomic mass is 9.65. The van der Waals surface area contributed by atoms with Crippen LogP contribution in [0.25, 0.3) is 0 Å². The second-order valence-electron chi connectivity index (χ2n) is 4.96. The van der Waals surface area contributed by atoms with E-state index < -0.39 is 0 Å². The van der Waals surface area contributed by atoms with Gasteiger partial charge < -0.3 is 4.74 Å². The van der Waals surface area contributed by atoms with E-state index in [9.17, 15) is 9.59 Å². The van der Waals surface area contributed by atoms with E-state index >= 15 is 0 Å². The molecular formula is C13H18O3. The summed E-state index contributed by atoms with van der Waals surface area (Å²) in [5.41, 5.74) is -0.101. The van der Waals surface area contributed by atoms with Crippen molar-refractivity contribution in [3.8, 4) is 0 Å². The number of ether oxygens (including phenoxy) is 1. The summed E-state index contributed by atoms with van der Waals surface area (Å²) in [6.45, 7) is 1.45. The van der Waals surface area contributed by atoms with Gasteiger partial charge in [0.1, 0.15) is 6.10 Å². The summed E-state index contributed by atoms with van der Waals surface area (Å²) in [6.07, 6.45) is 9.09. The van der Waals surface area contributed by atoms with Crippen molar-refractivity contribution in [3.63, 3.8) is 0 Å². The van der Waals surface area contributed by atoms with Crippen LogP contribution in [0.4, 0.5) is 0 Å². The van der Waals surface area contributed by atoms with Crippen LogP contribution in [0.15, 0.2) is 12.2 Å². The van der Waals surface area contributed by atoms with E-state index in [2.05, 4.69) is 0 Å². The van der Waals surface area contributed by atoms with Crippen molar-refractivity contribution in [1.82, 2.24) is 0 Å². The zero-order valence-electron chi connectivity index (χ0n) is 9.70. The largest absolute Gasteiger partial charge is 0.462 e. The van der Waals surface area contributed by atoms with E-state index in [0.717, 1.165) is 32.1 Å². The Labute approximate surface area is 95.9 Å². The summed E-state index contributed by atoms with van der Waals surface area (Å²) in [5.74, 6) is -0.0569. The molecule has 88 valence electrons. The zero-order chi connectivity index (χ0) is 11.6. The van der Waals surface area contributed by atoms with Gasteiger partial charge in [0.15, 0.2) is 5.78 Å². The number of carbonyl (C=O) groups excluding carboxylic acids is 2. The van der Waals surface area contributed by atoms with E-state index in [1.54, 1.807) is 6.08 Å². The van der Waals surface area contributed by atoms with E-state index in [-0.39, 0.29) is 23.3 Å². The van der Waals surface area contributed by atoms with E-state index in [0.29, 0.717) is 6.42 Å². The molecule has 3 nitrogen and oxygen atoms in total. The van der Waals surface area contributed by atoms with Gasteiger partial charge >= 0.3 is 5.97 Å². The molecule has 1 saturated carbocycles. The van der Waals surface area contributed by atoms with Gasteiger partial charge in [-0.1, -0.05) is 12.5 Å². The summed E-state index contributed by atoms with van der Waals surface area (Å²) in [7, 11) is 0. The van der Waals surface area contributed by atoms with Crippen LogP contribution in [-0.2, 0) is 14.3 Å². The highest BCUT2D eigenvalue weighted by Crippen LogP contribution is 2.46. The Morgan fingerprint density at radius 2 is 2.31 bits per heavy atom. The number of esters is 1. The number of allylic oxidation sites excluding steroid dienone is 2. The van der Waals surface area contributed by atoms with Gasteiger partial charge in [0.05, 0.1) is 0 Å². The summed E-state index contributed by atoms with van der Waals surface area (Å²) >= 11 is 0. The average Bonchev–Trinajstić information content (AvgIpc) is 2.21. The summed E-state index contributed by atoms with van der Waals surface area (Å²) in [6, 6.07) is 0. The number of rotatable bonds is 1. The van der Waals surface area contributed by atoms with Gasteiger partial charge in [-0.3, -0.25) is 9.59 Å². The normalized spacial score (nSPS) is 34.1. The molecule has 2 atom stereocenters. The monoisotopic (exact) mass is 222 g/mol. The molecule has 3 heteroatoms. The Balaban J connectivity index is 2.17. The van der Waals surface area contributed by atoms with Crippen LogP contribution in [0.3, 0.4) is 0 Å². The van der Waals surface area contributed by atoms with Crippen molar-refractivity contribution in [2.24, 2.45) is 5.41 Å². The number of hydrogen-bond acceptors (Lipinski definition) is 3. The first-order valence-corrected chi connectivity index (χ1v) is 5.99. The maximum Gasteiger partial charge on any atom is 0.302 e. The first-order chi connectivity index (χ1) is 7.62. The van der Waals surface area contributed by atoms with Crippen molar-refractivity contribution < 1.29 is 14.3 Å². The van der Waals surface area contributed by atoms with Crippen LogP contribution in [0.5, 0.6) is 0 Å². The predicted octanol–water partition coefficient (Wildman–Crippen LogP) is 2.40. The fourth-order valence-electron chi connectivity index (χ4n) is 3.00. The fourth-order valence-corrected chi connectivity index (χ4v) is 3.00. The van der Waals surface area contributed by atoms with Crippen LogP contribution in [0, 0.1) is 5.41 Å². The summed E-state index contributed by atoms with van der Waals surface area (Å²) in [4.78, 5) is 22.6. The molecule has 16 heavy (non-hydrogen) atoms. The second kappa shape index (κ2) is 4.40. The van der Waals surface area contributed by atoms with Gasteiger partial charge in [0, 0.05) is 18.8 Å². The molecular weight excluding hydrogens is 204 g/mol. The topological polar surface area (TPSA) is 43.4 Å². The highest BCUT2D eigenvalue weighted by Gasteiger charge is 2.44. The van der Waals surface area contributed by atoms with Crippen LogP contribution in [0.1, 0.15) is 45.4 Å². The Bertz CT molecular complexity index is 332. The molecule has 1 spiro atoms. The van der Waals surface area contributed by atoms with Gasteiger partial charge in [-0.25, -0.2) is 0 Å². The Morgan fingerprint density at radius 1 is 1.50 bits per heavy atom. The lowest BCUT2D eigenvalue weighted by molar-refractivity contribution is -0.159. The van der Waals surface area contributed by atoms with Gasteiger partial charge in [-0.2, -0.15) is 0 Å². The zero-order valence-corrected chi connectivity index (χ0v) is 9.70. The molecule has 2 rings (SSSR count). The van der Waals surface area contributed by atoms with Crippen molar-refractivity contribution in [1.29, 1.82) is 0 Å². The lowest BCUT2D eigenvalue weighted by Crippen LogP contribution is -2.43. The summed E-state index contributed by atoms with van der Waals surface area (Å²) in [5, 5.41) is 0. The average molecular weight is 222 g/mol. The number of carbonyl (C=O) groups is 2. The standard InChI is InChI=1S/C13H18O3/c1-10(14)16-12-6-2-3-7-13(12)8-4-5-11(15)9-13/h4-5,12H,2-3,6-9H2,1H3/t12-,13-/m0/s1. The third kappa shape index (κ3) is 2.18. The van der Waals surface area contributed by atoms with Crippen LogP contribution in [-0.4, -0.2) is 17.9 Å². The molecule has 0 bridgehead atoms. The lowest BCUT2D eigenvalue weighted by Gasteiger charge is -2.43. The van der Waals surface area contributed by atoms with Gasteiger partial charge in [0.2, 0.25) is 0 Å². The molecule has 0 amide bonds. The molecule has 0 aromatic rings. The molecule has 0 saturated heterocycles. The Morgan fingerprint density at radius 3 is 3.00 bits per heavy atom. The quantitative estimate of drug-likeness (QED) is 0.640. The third-order valence-electron chi connectivity index (χ3n) is 3.74. The highest BCUT2D eigenvalue weighted by atomic mass is 16.5. The van der Waals surface area contributed by atoms with E-state index in [4.69, 9.17) is 4.74 Å². The molecule has 0 aliphatic heterocycles. The van der Waals surface area contributed by atoms with Crippen LogP contribution < -0.4 is 0 Å². The molecule has 0 N–H and O–H groups in total. The maximum absolute atomic E-state index is 11.5. The predicted molar refractivity (Wildman–Crippen MR) is 59.8 cm³/mol. The van der Waals surface area contributed by atoms with Crippen molar-refractivity contribution in [2.45, 2.75) is 51.6 Å². The van der Waals surface area contributed by atoms with Crippen LogP contribution >= 0.6 is 0 Å². The SMILES string of the molecule is CC(=O)O[C@H]1CCCC[C@@]12CC=CC(=O)C2.